The van der Waals surface area contributed by atoms with Crippen molar-refractivity contribution in [1.29, 1.82) is 0 Å². The van der Waals surface area contributed by atoms with Gasteiger partial charge in [0.05, 0.1) is 50.3 Å². The van der Waals surface area contributed by atoms with Crippen molar-refractivity contribution in [2.75, 3.05) is 49.1 Å². The van der Waals surface area contributed by atoms with Gasteiger partial charge in [0.2, 0.25) is 11.8 Å². The van der Waals surface area contributed by atoms with E-state index in [0.29, 0.717) is 24.5 Å². The molecule has 33 heavy (non-hydrogen) atoms. The molecule has 12 nitrogen and oxygen atoms in total. The highest BCUT2D eigenvalue weighted by Gasteiger charge is 2.33. The van der Waals surface area contributed by atoms with Crippen LogP contribution in [0.25, 0.3) is 0 Å². The van der Waals surface area contributed by atoms with Crippen LogP contribution in [-0.2, 0) is 19.2 Å². The summed E-state index contributed by atoms with van der Waals surface area (Å²) in [4.78, 5) is 44.3. The lowest BCUT2D eigenvalue weighted by Crippen LogP contribution is -2.36. The molecule has 4 rings (SSSR count). The number of rotatable bonds is 6. The van der Waals surface area contributed by atoms with E-state index < -0.39 is 18.0 Å². The molecule has 2 saturated heterocycles. The SMILES string of the molecule is CC(=O)NC[C@H]1CN(c2ccc(N3CCON(C(=O)CC4C=NN=N4)CC3)c(F)c2)C(=O)O1. The molecule has 2 fully saturated rings. The fourth-order valence-corrected chi connectivity index (χ4v) is 3.71. The number of anilines is 2. The van der Waals surface area contributed by atoms with Gasteiger partial charge in [-0.25, -0.2) is 14.2 Å². The van der Waals surface area contributed by atoms with Crippen LogP contribution in [-0.4, -0.2) is 80.7 Å². The molecule has 176 valence electrons. The number of carbonyl (C=O) groups excluding carboxylic acids is 3. The molecule has 0 spiro atoms. The van der Waals surface area contributed by atoms with E-state index in [0.717, 1.165) is 0 Å². The Bertz CT molecular complexity index is 976. The normalized spacial score (nSPS) is 22.5. The lowest BCUT2D eigenvalue weighted by atomic mass is 10.2. The monoisotopic (exact) mass is 461 g/mol. The number of carbonyl (C=O) groups is 3. The van der Waals surface area contributed by atoms with Gasteiger partial charge in [-0.3, -0.25) is 19.3 Å². The molecule has 2 atom stereocenters. The van der Waals surface area contributed by atoms with Gasteiger partial charge in [0.1, 0.15) is 18.0 Å². The Balaban J connectivity index is 1.36. The zero-order valence-corrected chi connectivity index (χ0v) is 18.0. The van der Waals surface area contributed by atoms with Gasteiger partial charge >= 0.3 is 6.09 Å². The number of hydroxylamine groups is 2. The van der Waals surface area contributed by atoms with Crippen molar-refractivity contribution in [1.82, 2.24) is 10.4 Å². The number of hydrogen-bond donors (Lipinski definition) is 1. The summed E-state index contributed by atoms with van der Waals surface area (Å²) in [5, 5.41) is 14.8. The van der Waals surface area contributed by atoms with Crippen molar-refractivity contribution in [3.8, 4) is 0 Å². The van der Waals surface area contributed by atoms with Crippen LogP contribution in [0.5, 0.6) is 0 Å². The van der Waals surface area contributed by atoms with Crippen molar-refractivity contribution < 1.29 is 28.3 Å². The maximum atomic E-state index is 15.0. The molecule has 3 aliphatic rings. The number of nitrogens with one attached hydrogen (secondary N) is 1. The average Bonchev–Trinajstić information content (AvgIpc) is 3.35. The van der Waals surface area contributed by atoms with Gasteiger partial charge in [0.25, 0.3) is 0 Å². The minimum absolute atomic E-state index is 0.102. The van der Waals surface area contributed by atoms with Gasteiger partial charge in [0, 0.05) is 20.0 Å². The van der Waals surface area contributed by atoms with E-state index in [4.69, 9.17) is 9.57 Å². The van der Waals surface area contributed by atoms with Crippen LogP contribution in [0.3, 0.4) is 0 Å². The molecule has 1 aromatic rings. The molecule has 3 heterocycles. The Morgan fingerprint density at radius 1 is 1.27 bits per heavy atom. The summed E-state index contributed by atoms with van der Waals surface area (Å²) in [5.74, 6) is -0.973. The van der Waals surface area contributed by atoms with Crippen molar-refractivity contribution >= 4 is 35.5 Å². The Morgan fingerprint density at radius 3 is 2.85 bits per heavy atom. The zero-order chi connectivity index (χ0) is 23.4. The van der Waals surface area contributed by atoms with Crippen LogP contribution in [0.1, 0.15) is 13.3 Å². The molecule has 1 N–H and O–H groups in total. The van der Waals surface area contributed by atoms with Crippen molar-refractivity contribution in [2.45, 2.75) is 25.5 Å². The third kappa shape index (κ3) is 5.42. The molecule has 1 unspecified atom stereocenters. The predicted octanol–water partition coefficient (Wildman–Crippen LogP) is 1.08. The summed E-state index contributed by atoms with van der Waals surface area (Å²) in [7, 11) is 0. The minimum Gasteiger partial charge on any atom is -0.442 e. The average molecular weight is 461 g/mol. The van der Waals surface area contributed by atoms with Crippen molar-refractivity contribution in [3.05, 3.63) is 24.0 Å². The molecule has 0 aromatic heterocycles. The third-order valence-corrected chi connectivity index (χ3v) is 5.37. The highest BCUT2D eigenvalue weighted by Crippen LogP contribution is 2.28. The van der Waals surface area contributed by atoms with Crippen LogP contribution >= 0.6 is 0 Å². The van der Waals surface area contributed by atoms with Crippen LogP contribution in [0.2, 0.25) is 0 Å². The fraction of sp³-hybridized carbons (Fsp3) is 0.500. The van der Waals surface area contributed by atoms with E-state index in [2.05, 4.69) is 20.8 Å². The summed E-state index contributed by atoms with van der Waals surface area (Å²) in [5.41, 5.74) is 0.706. The first-order valence-electron chi connectivity index (χ1n) is 10.5. The molecule has 1 aromatic carbocycles. The van der Waals surface area contributed by atoms with E-state index in [1.165, 1.54) is 29.2 Å². The smallest absolute Gasteiger partial charge is 0.414 e. The molecule has 0 aliphatic carbocycles. The van der Waals surface area contributed by atoms with Crippen LogP contribution in [0, 0.1) is 5.82 Å². The lowest BCUT2D eigenvalue weighted by Gasteiger charge is -2.24. The van der Waals surface area contributed by atoms with E-state index in [1.54, 1.807) is 17.0 Å². The van der Waals surface area contributed by atoms with Crippen molar-refractivity contribution in [2.24, 2.45) is 15.4 Å². The molecule has 3 aliphatic heterocycles. The van der Waals surface area contributed by atoms with Gasteiger partial charge in [0.15, 0.2) is 0 Å². The van der Waals surface area contributed by atoms with Crippen LogP contribution < -0.4 is 15.1 Å². The molecule has 0 radical (unpaired) electrons. The van der Waals surface area contributed by atoms with E-state index in [9.17, 15) is 18.8 Å². The zero-order valence-electron chi connectivity index (χ0n) is 18.0. The summed E-state index contributed by atoms with van der Waals surface area (Å²) >= 11 is 0. The maximum Gasteiger partial charge on any atom is 0.414 e. The Labute approximate surface area is 188 Å². The second-order valence-corrected chi connectivity index (χ2v) is 7.75. The molecule has 13 heteroatoms. The molecule has 0 bridgehead atoms. The number of cyclic esters (lactones) is 1. The molecular weight excluding hydrogens is 437 g/mol. The second kappa shape index (κ2) is 9.90. The van der Waals surface area contributed by atoms with Gasteiger partial charge in [-0.1, -0.05) is 0 Å². The van der Waals surface area contributed by atoms with E-state index in [-0.39, 0.29) is 50.5 Å². The largest absolute Gasteiger partial charge is 0.442 e. The first kappa shape index (κ1) is 22.6. The predicted molar refractivity (Wildman–Crippen MR) is 114 cm³/mol. The third-order valence-electron chi connectivity index (χ3n) is 5.37. The van der Waals surface area contributed by atoms with E-state index >= 15 is 0 Å². The maximum absolute atomic E-state index is 15.0. The summed E-state index contributed by atoms with van der Waals surface area (Å²) in [6.45, 7) is 2.99. The summed E-state index contributed by atoms with van der Waals surface area (Å²) < 4.78 is 20.2. The van der Waals surface area contributed by atoms with Crippen LogP contribution in [0.15, 0.2) is 33.6 Å². The first-order chi connectivity index (χ1) is 15.9. The summed E-state index contributed by atoms with van der Waals surface area (Å²) in [6, 6.07) is 4.11. The lowest BCUT2D eigenvalue weighted by molar-refractivity contribution is -0.182. The first-order valence-corrected chi connectivity index (χ1v) is 10.5. The number of nitrogens with zero attached hydrogens (tertiary/aromatic N) is 6. The van der Waals surface area contributed by atoms with Gasteiger partial charge in [-0.05, 0) is 23.4 Å². The van der Waals surface area contributed by atoms with Crippen molar-refractivity contribution in [3.63, 3.8) is 0 Å². The van der Waals surface area contributed by atoms with Gasteiger partial charge in [-0.2, -0.15) is 5.11 Å². The molecule has 0 saturated carbocycles. The number of amides is 3. The Morgan fingerprint density at radius 2 is 2.12 bits per heavy atom. The minimum atomic E-state index is -0.596. The van der Waals surface area contributed by atoms with E-state index in [1.807, 2.05) is 0 Å². The van der Waals surface area contributed by atoms with Gasteiger partial charge < -0.3 is 15.0 Å². The number of hydrogen-bond acceptors (Lipinski definition) is 9. The van der Waals surface area contributed by atoms with Gasteiger partial charge in [-0.15, -0.1) is 5.10 Å². The Hall–Kier alpha value is -3.61. The highest BCUT2D eigenvalue weighted by atomic mass is 19.1. The standard InChI is InChI=1S/C20H24FN7O5/c1-13(29)22-11-16-12-27(20(31)33-16)15-2-3-18(17(21)9-15)26-4-5-28(32-7-6-26)19(30)8-14-10-23-25-24-14/h2-3,9-10,14,16H,4-8,11-12H2,1H3,(H,22,29)/t14?,16-/m0/s1. The number of benzene rings is 1. The molecular formula is C20H24FN7O5. The molecule has 3 amide bonds. The number of ether oxygens (including phenoxy) is 1. The summed E-state index contributed by atoms with van der Waals surface area (Å²) in [6.07, 6.45) is 0.497. The Kier molecular flexibility index (Phi) is 6.77. The highest BCUT2D eigenvalue weighted by molar-refractivity contribution is 5.90. The number of halogens is 1. The fourth-order valence-electron chi connectivity index (χ4n) is 3.71. The quantitative estimate of drug-likeness (QED) is 0.675. The topological polar surface area (TPSA) is 128 Å². The van der Waals surface area contributed by atoms with Crippen LogP contribution in [0.4, 0.5) is 20.6 Å². The second-order valence-electron chi connectivity index (χ2n) is 7.75.